The molecule has 0 radical (unpaired) electrons. The molecule has 2 aromatic rings. The van der Waals surface area contributed by atoms with Gasteiger partial charge in [0.2, 0.25) is 15.9 Å². The number of likely N-dealkylation sites (tertiary alicyclic amines) is 1. The molecule has 1 amide bonds. The van der Waals surface area contributed by atoms with Gasteiger partial charge in [-0.05, 0) is 17.7 Å². The maximum Gasteiger partial charge on any atom is 0.245 e. The Morgan fingerprint density at radius 3 is 2.18 bits per heavy atom. The van der Waals surface area contributed by atoms with Gasteiger partial charge in [0.05, 0.1) is 17.9 Å². The molecule has 0 saturated carbocycles. The quantitative estimate of drug-likeness (QED) is 0.790. The monoisotopic (exact) mass is 400 g/mol. The van der Waals surface area contributed by atoms with Crippen molar-refractivity contribution in [3.63, 3.8) is 0 Å². The number of carbonyl (C=O) groups is 1. The zero-order valence-corrected chi connectivity index (χ0v) is 16.5. The molecule has 2 fully saturated rings. The summed E-state index contributed by atoms with van der Waals surface area (Å²) in [5, 5.41) is 0. The minimum atomic E-state index is -3.63. The van der Waals surface area contributed by atoms with Gasteiger partial charge in [0.15, 0.2) is 0 Å². The van der Waals surface area contributed by atoms with Crippen molar-refractivity contribution in [2.75, 3.05) is 26.2 Å². The maximum atomic E-state index is 13.1. The van der Waals surface area contributed by atoms with E-state index < -0.39 is 15.7 Å². The summed E-state index contributed by atoms with van der Waals surface area (Å²) in [6.45, 7) is 1.71. The lowest BCUT2D eigenvalue weighted by Crippen LogP contribution is -2.55. The second-order valence-corrected chi connectivity index (χ2v) is 9.09. The van der Waals surface area contributed by atoms with E-state index in [4.69, 9.17) is 4.74 Å². The summed E-state index contributed by atoms with van der Waals surface area (Å²) in [6.07, 6.45) is 1.33. The molecular formula is C21H24N2O4S. The summed E-state index contributed by atoms with van der Waals surface area (Å²) in [6, 6.07) is 18.1. The third kappa shape index (κ3) is 3.57. The topological polar surface area (TPSA) is 66.9 Å². The zero-order chi connectivity index (χ0) is 19.6. The molecule has 0 N–H and O–H groups in total. The average Bonchev–Trinajstić information content (AvgIpc) is 3.14. The van der Waals surface area contributed by atoms with Crippen molar-refractivity contribution in [2.45, 2.75) is 29.9 Å². The number of piperidine rings is 1. The molecule has 148 valence electrons. The van der Waals surface area contributed by atoms with E-state index in [-0.39, 0.29) is 10.8 Å². The van der Waals surface area contributed by atoms with E-state index in [0.717, 1.165) is 5.56 Å². The van der Waals surface area contributed by atoms with Crippen molar-refractivity contribution >= 4 is 15.9 Å². The third-order valence-electron chi connectivity index (χ3n) is 5.55. The SMILES string of the molecule is O=C(Cc1ccccc1)N1CCC2(CC1)OCCN2S(=O)(=O)c1ccccc1. The van der Waals surface area contributed by atoms with Crippen LogP contribution in [-0.2, 0) is 26.0 Å². The third-order valence-corrected chi connectivity index (χ3v) is 7.51. The van der Waals surface area contributed by atoms with Crippen LogP contribution in [0.3, 0.4) is 0 Å². The van der Waals surface area contributed by atoms with E-state index in [1.165, 1.54) is 4.31 Å². The van der Waals surface area contributed by atoms with Crippen LogP contribution in [0, 0.1) is 0 Å². The van der Waals surface area contributed by atoms with Gasteiger partial charge in [-0.1, -0.05) is 48.5 Å². The molecule has 2 saturated heterocycles. The molecule has 6 nitrogen and oxygen atoms in total. The molecule has 0 atom stereocenters. The predicted molar refractivity (Wildman–Crippen MR) is 105 cm³/mol. The Kier molecular flexibility index (Phi) is 5.23. The Balaban J connectivity index is 1.46. The van der Waals surface area contributed by atoms with Crippen molar-refractivity contribution in [1.82, 2.24) is 9.21 Å². The second kappa shape index (κ2) is 7.66. The Morgan fingerprint density at radius 2 is 1.54 bits per heavy atom. The number of nitrogens with zero attached hydrogens (tertiary/aromatic N) is 2. The van der Waals surface area contributed by atoms with Gasteiger partial charge in [-0.15, -0.1) is 0 Å². The van der Waals surface area contributed by atoms with Gasteiger partial charge in [-0.2, -0.15) is 4.31 Å². The number of carbonyl (C=O) groups excluding carboxylic acids is 1. The van der Waals surface area contributed by atoms with Crippen LogP contribution in [0.1, 0.15) is 18.4 Å². The summed E-state index contributed by atoms with van der Waals surface area (Å²) in [5.41, 5.74) is 0.135. The Bertz CT molecular complexity index is 923. The first-order valence-electron chi connectivity index (χ1n) is 9.55. The number of hydrogen-bond donors (Lipinski definition) is 0. The van der Waals surface area contributed by atoms with Crippen molar-refractivity contribution < 1.29 is 17.9 Å². The lowest BCUT2D eigenvalue weighted by molar-refractivity contribution is -0.139. The molecule has 7 heteroatoms. The lowest BCUT2D eigenvalue weighted by atomic mass is 10.00. The fourth-order valence-electron chi connectivity index (χ4n) is 4.03. The maximum absolute atomic E-state index is 13.1. The first-order chi connectivity index (χ1) is 13.5. The average molecular weight is 400 g/mol. The molecule has 2 heterocycles. The highest BCUT2D eigenvalue weighted by molar-refractivity contribution is 7.89. The molecule has 28 heavy (non-hydrogen) atoms. The Hall–Kier alpha value is -2.22. The molecule has 0 aromatic heterocycles. The second-order valence-electron chi connectivity index (χ2n) is 7.23. The van der Waals surface area contributed by atoms with E-state index in [1.54, 1.807) is 30.3 Å². The van der Waals surface area contributed by atoms with Gasteiger partial charge in [0.25, 0.3) is 0 Å². The number of amides is 1. The van der Waals surface area contributed by atoms with Gasteiger partial charge in [-0.3, -0.25) is 4.79 Å². The van der Waals surface area contributed by atoms with E-state index in [9.17, 15) is 13.2 Å². The van der Waals surface area contributed by atoms with Crippen LogP contribution >= 0.6 is 0 Å². The first kappa shape index (κ1) is 19.1. The van der Waals surface area contributed by atoms with Crippen molar-refractivity contribution in [2.24, 2.45) is 0 Å². The van der Waals surface area contributed by atoms with E-state index in [2.05, 4.69) is 0 Å². The van der Waals surface area contributed by atoms with Crippen molar-refractivity contribution in [3.8, 4) is 0 Å². The van der Waals surface area contributed by atoms with Crippen LogP contribution in [0.25, 0.3) is 0 Å². The van der Waals surface area contributed by atoms with E-state index in [1.807, 2.05) is 35.2 Å². The number of benzene rings is 2. The smallest absolute Gasteiger partial charge is 0.245 e. The van der Waals surface area contributed by atoms with E-state index in [0.29, 0.717) is 45.5 Å². The number of hydrogen-bond acceptors (Lipinski definition) is 4. The minimum Gasteiger partial charge on any atom is -0.358 e. The first-order valence-corrected chi connectivity index (χ1v) is 11.0. The number of rotatable bonds is 4. The summed E-state index contributed by atoms with van der Waals surface area (Å²) < 4.78 is 33.7. The van der Waals surface area contributed by atoms with Gasteiger partial charge in [0, 0.05) is 32.5 Å². The molecule has 2 aliphatic heterocycles. The molecule has 2 aromatic carbocycles. The van der Waals surface area contributed by atoms with Crippen LogP contribution in [0.5, 0.6) is 0 Å². The largest absolute Gasteiger partial charge is 0.358 e. The molecule has 4 rings (SSSR count). The van der Waals surface area contributed by atoms with Crippen LogP contribution < -0.4 is 0 Å². The highest BCUT2D eigenvalue weighted by Gasteiger charge is 2.50. The van der Waals surface area contributed by atoms with Gasteiger partial charge in [0.1, 0.15) is 5.72 Å². The van der Waals surface area contributed by atoms with Crippen LogP contribution in [0.4, 0.5) is 0 Å². The molecule has 0 aliphatic carbocycles. The normalized spacial score (nSPS) is 19.8. The van der Waals surface area contributed by atoms with Gasteiger partial charge in [-0.25, -0.2) is 8.42 Å². The minimum absolute atomic E-state index is 0.0662. The Labute approximate surface area is 165 Å². The summed E-state index contributed by atoms with van der Waals surface area (Å²) in [4.78, 5) is 14.7. The molecule has 0 bridgehead atoms. The van der Waals surface area contributed by atoms with E-state index >= 15 is 0 Å². The van der Waals surface area contributed by atoms with Gasteiger partial charge < -0.3 is 9.64 Å². The standard InChI is InChI=1S/C21H24N2O4S/c24-20(17-18-7-3-1-4-8-18)22-13-11-21(12-14-22)23(15-16-27-21)28(25,26)19-9-5-2-6-10-19/h1-10H,11-17H2. The highest BCUT2D eigenvalue weighted by atomic mass is 32.2. The molecule has 0 unspecified atom stereocenters. The molecule has 2 aliphatic rings. The molecular weight excluding hydrogens is 376 g/mol. The number of sulfonamides is 1. The van der Waals surface area contributed by atoms with Crippen molar-refractivity contribution in [1.29, 1.82) is 0 Å². The van der Waals surface area contributed by atoms with Gasteiger partial charge >= 0.3 is 0 Å². The summed E-state index contributed by atoms with van der Waals surface area (Å²) in [5.74, 6) is 0.0662. The number of ether oxygens (including phenoxy) is 1. The van der Waals surface area contributed by atoms with Crippen LogP contribution in [0.15, 0.2) is 65.6 Å². The zero-order valence-electron chi connectivity index (χ0n) is 15.7. The van der Waals surface area contributed by atoms with Crippen LogP contribution in [-0.4, -0.2) is 55.5 Å². The molecule has 1 spiro atoms. The summed E-state index contributed by atoms with van der Waals surface area (Å²) in [7, 11) is -3.63. The van der Waals surface area contributed by atoms with Crippen LogP contribution in [0.2, 0.25) is 0 Å². The summed E-state index contributed by atoms with van der Waals surface area (Å²) >= 11 is 0. The predicted octanol–water partition coefficient (Wildman–Crippen LogP) is 2.27. The lowest BCUT2D eigenvalue weighted by Gasteiger charge is -2.42. The Morgan fingerprint density at radius 1 is 0.929 bits per heavy atom. The highest BCUT2D eigenvalue weighted by Crippen LogP contribution is 2.38. The van der Waals surface area contributed by atoms with Crippen molar-refractivity contribution in [3.05, 3.63) is 66.2 Å². The fourth-order valence-corrected chi connectivity index (χ4v) is 5.78. The fraction of sp³-hybridized carbons (Fsp3) is 0.381.